The zero-order valence-electron chi connectivity index (χ0n) is 10.5. The minimum atomic E-state index is 0.292. The van der Waals surface area contributed by atoms with E-state index < -0.39 is 0 Å². The zero-order chi connectivity index (χ0) is 12.4. The predicted octanol–water partition coefficient (Wildman–Crippen LogP) is -0.280. The number of oxime groups is 1. The first-order valence-electron chi connectivity index (χ1n) is 6.34. The molecule has 0 spiro atoms. The molecule has 0 radical (unpaired) electrons. The Kier molecular flexibility index (Phi) is 3.19. The fourth-order valence-corrected chi connectivity index (χ4v) is 2.87. The highest BCUT2D eigenvalue weighted by molar-refractivity contribution is 5.61. The minimum Gasteiger partial charge on any atom is -0.479 e. The lowest BCUT2D eigenvalue weighted by Crippen LogP contribution is -3.09. The number of aromatic nitrogens is 1. The largest absolute Gasteiger partial charge is 0.479 e. The second-order valence-corrected chi connectivity index (χ2v) is 4.98. The second-order valence-electron chi connectivity index (χ2n) is 4.98. The maximum Gasteiger partial charge on any atom is 0.254 e. The molecule has 1 aromatic rings. The molecule has 2 bridgehead atoms. The van der Waals surface area contributed by atoms with Crippen LogP contribution in [0.15, 0.2) is 15.7 Å². The molecule has 3 heterocycles. The van der Waals surface area contributed by atoms with E-state index in [-0.39, 0.29) is 0 Å². The van der Waals surface area contributed by atoms with Gasteiger partial charge in [-0.2, -0.15) is 0 Å². The van der Waals surface area contributed by atoms with Gasteiger partial charge in [0, 0.05) is 18.4 Å². The average Bonchev–Trinajstić information content (AvgIpc) is 3.10. The average molecular weight is 252 g/mol. The molecular weight excluding hydrogens is 234 g/mol. The van der Waals surface area contributed by atoms with Gasteiger partial charge in [-0.25, -0.2) is 0 Å². The lowest BCUT2D eigenvalue weighted by molar-refractivity contribution is -0.880. The van der Waals surface area contributed by atoms with E-state index in [0.717, 1.165) is 5.92 Å². The van der Waals surface area contributed by atoms with Crippen LogP contribution in [0.1, 0.15) is 12.2 Å². The van der Waals surface area contributed by atoms with Crippen LogP contribution in [0.25, 0.3) is 0 Å². The molecule has 1 aromatic heterocycles. The molecule has 3 unspecified atom stereocenters. The molecule has 3 atom stereocenters. The van der Waals surface area contributed by atoms with E-state index in [9.17, 15) is 0 Å². The molecule has 2 aliphatic heterocycles. The summed E-state index contributed by atoms with van der Waals surface area (Å²) in [6.45, 7) is 4.12. The molecule has 0 aromatic carbocycles. The molecule has 18 heavy (non-hydrogen) atoms. The van der Waals surface area contributed by atoms with E-state index in [1.165, 1.54) is 26.1 Å². The monoisotopic (exact) mass is 252 g/mol. The molecule has 6 heteroatoms. The van der Waals surface area contributed by atoms with E-state index in [2.05, 4.69) is 10.3 Å². The second kappa shape index (κ2) is 4.97. The first-order chi connectivity index (χ1) is 8.85. The van der Waals surface area contributed by atoms with E-state index in [1.807, 2.05) is 6.21 Å². The van der Waals surface area contributed by atoms with Crippen molar-refractivity contribution in [3.8, 4) is 5.88 Å². The number of ether oxygens (including phenoxy) is 1. The van der Waals surface area contributed by atoms with Crippen LogP contribution in [0.2, 0.25) is 0 Å². The Morgan fingerprint density at radius 2 is 2.56 bits per heavy atom. The Morgan fingerprint density at radius 3 is 3.22 bits per heavy atom. The van der Waals surface area contributed by atoms with Crippen LogP contribution in [0.4, 0.5) is 0 Å². The molecule has 2 fully saturated rings. The summed E-state index contributed by atoms with van der Waals surface area (Å²) in [5.74, 6) is 2.46. The van der Waals surface area contributed by atoms with Gasteiger partial charge in [-0.1, -0.05) is 5.16 Å². The lowest BCUT2D eigenvalue weighted by atomic mass is 9.94. The predicted molar refractivity (Wildman–Crippen MR) is 63.5 cm³/mol. The topological polar surface area (TPSA) is 61.3 Å². The Labute approximate surface area is 106 Å². The molecule has 1 N–H and O–H groups in total. The van der Waals surface area contributed by atoms with Gasteiger partial charge in [0.1, 0.15) is 0 Å². The SMILES string of the molecule is COc1cc(CO/N=C/C2C[NH+]3CCC2C3)on1. The number of nitrogens with zero attached hydrogens (tertiary/aromatic N) is 2. The maximum atomic E-state index is 5.22. The summed E-state index contributed by atoms with van der Waals surface area (Å²) >= 11 is 0. The molecule has 0 amide bonds. The number of methoxy groups -OCH3 is 1. The van der Waals surface area contributed by atoms with Gasteiger partial charge in [-0.05, 0) is 5.16 Å². The highest BCUT2D eigenvalue weighted by Crippen LogP contribution is 2.20. The third-order valence-corrected chi connectivity index (χ3v) is 3.83. The summed E-state index contributed by atoms with van der Waals surface area (Å²) in [5, 5.41) is 7.73. The molecule has 98 valence electrons. The minimum absolute atomic E-state index is 0.292. The van der Waals surface area contributed by atoms with Crippen LogP contribution in [0.3, 0.4) is 0 Å². The molecule has 0 aliphatic carbocycles. The van der Waals surface area contributed by atoms with Gasteiger partial charge in [0.25, 0.3) is 5.88 Å². The lowest BCUT2D eigenvalue weighted by Gasteiger charge is -2.13. The summed E-state index contributed by atoms with van der Waals surface area (Å²) in [6.07, 6.45) is 3.27. The molecule has 0 saturated carbocycles. The Bertz CT molecular complexity index is 432. The Hall–Kier alpha value is -1.56. The summed E-state index contributed by atoms with van der Waals surface area (Å²) in [5.41, 5.74) is 0. The van der Waals surface area contributed by atoms with Gasteiger partial charge < -0.3 is 19.0 Å². The molecule has 6 nitrogen and oxygen atoms in total. The fraction of sp³-hybridized carbons (Fsp3) is 0.667. The van der Waals surface area contributed by atoms with Crippen LogP contribution in [0, 0.1) is 11.8 Å². The first kappa shape index (κ1) is 11.5. The fourth-order valence-electron chi connectivity index (χ4n) is 2.87. The number of nitrogens with one attached hydrogen (secondary N) is 1. The van der Waals surface area contributed by atoms with Crippen molar-refractivity contribution < 1.29 is 19.0 Å². The number of piperidine rings is 1. The summed E-state index contributed by atoms with van der Waals surface area (Å²) in [7, 11) is 1.55. The Morgan fingerprint density at radius 1 is 1.61 bits per heavy atom. The van der Waals surface area contributed by atoms with Gasteiger partial charge in [0.05, 0.1) is 38.9 Å². The van der Waals surface area contributed by atoms with Gasteiger partial charge in [-0.15, -0.1) is 0 Å². The molecule has 2 aliphatic rings. The summed E-state index contributed by atoms with van der Waals surface area (Å²) in [4.78, 5) is 6.92. The number of hydrogen-bond donors (Lipinski definition) is 1. The van der Waals surface area contributed by atoms with Crippen LogP contribution in [-0.2, 0) is 11.4 Å². The highest BCUT2D eigenvalue weighted by Gasteiger charge is 2.41. The van der Waals surface area contributed by atoms with Gasteiger partial charge in [-0.3, -0.25) is 0 Å². The van der Waals surface area contributed by atoms with E-state index >= 15 is 0 Å². The molecule has 3 rings (SSSR count). The van der Waals surface area contributed by atoms with E-state index in [4.69, 9.17) is 14.1 Å². The number of rotatable bonds is 5. The molecular formula is C12H18N3O3+. The zero-order valence-corrected chi connectivity index (χ0v) is 10.5. The van der Waals surface area contributed by atoms with Crippen molar-refractivity contribution >= 4 is 6.21 Å². The van der Waals surface area contributed by atoms with Crippen LogP contribution >= 0.6 is 0 Å². The third-order valence-electron chi connectivity index (χ3n) is 3.83. The van der Waals surface area contributed by atoms with Crippen LogP contribution in [-0.4, -0.2) is 38.1 Å². The first-order valence-corrected chi connectivity index (χ1v) is 6.34. The van der Waals surface area contributed by atoms with Gasteiger partial charge in [0.15, 0.2) is 12.4 Å². The Balaban J connectivity index is 1.44. The van der Waals surface area contributed by atoms with Crippen molar-refractivity contribution in [3.63, 3.8) is 0 Å². The maximum absolute atomic E-state index is 5.22. The van der Waals surface area contributed by atoms with Crippen molar-refractivity contribution in [2.24, 2.45) is 17.0 Å². The van der Waals surface area contributed by atoms with Crippen molar-refractivity contribution in [3.05, 3.63) is 11.8 Å². The van der Waals surface area contributed by atoms with E-state index in [0.29, 0.717) is 24.2 Å². The number of hydrogen-bond acceptors (Lipinski definition) is 5. The van der Waals surface area contributed by atoms with Crippen molar-refractivity contribution in [1.82, 2.24) is 5.16 Å². The van der Waals surface area contributed by atoms with Crippen molar-refractivity contribution in [2.75, 3.05) is 26.7 Å². The smallest absolute Gasteiger partial charge is 0.254 e. The standard InChI is InChI=1S/C12H17N3O3/c1-16-12-4-11(18-14-12)8-17-13-5-10-7-15-3-2-9(10)6-15/h4-5,9-10H,2-3,6-8H2,1H3/p+1/b13-5+. The quantitative estimate of drug-likeness (QED) is 0.578. The van der Waals surface area contributed by atoms with E-state index in [1.54, 1.807) is 18.1 Å². The summed E-state index contributed by atoms with van der Waals surface area (Å²) in [6, 6.07) is 1.70. The molecule has 2 saturated heterocycles. The van der Waals surface area contributed by atoms with Crippen LogP contribution in [0.5, 0.6) is 5.88 Å². The highest BCUT2D eigenvalue weighted by atomic mass is 16.6. The van der Waals surface area contributed by atoms with Gasteiger partial charge in [0.2, 0.25) is 0 Å². The summed E-state index contributed by atoms with van der Waals surface area (Å²) < 4.78 is 9.91. The number of fused-ring (bicyclic) bond motifs is 2. The van der Waals surface area contributed by atoms with Crippen LogP contribution < -0.4 is 9.64 Å². The normalized spacial score (nSPS) is 30.2. The van der Waals surface area contributed by atoms with Crippen molar-refractivity contribution in [2.45, 2.75) is 13.0 Å². The van der Waals surface area contributed by atoms with Crippen molar-refractivity contribution in [1.29, 1.82) is 0 Å². The van der Waals surface area contributed by atoms with Gasteiger partial charge >= 0.3 is 0 Å². The number of quaternary nitrogens is 1. The third kappa shape index (κ3) is 2.33.